The molecule has 2 heterocycles. The number of amides is 1. The Balaban J connectivity index is 1.96. The van der Waals surface area contributed by atoms with E-state index < -0.39 is 6.23 Å². The zero-order valence-corrected chi connectivity index (χ0v) is 10.2. The van der Waals surface area contributed by atoms with Gasteiger partial charge in [-0.25, -0.2) is 0 Å². The van der Waals surface area contributed by atoms with Crippen LogP contribution in [0.2, 0.25) is 0 Å². The number of ether oxygens (including phenoxy) is 1. The van der Waals surface area contributed by atoms with Crippen molar-refractivity contribution < 1.29 is 13.9 Å². The van der Waals surface area contributed by atoms with Crippen LogP contribution in [-0.2, 0) is 0 Å². The Labute approximate surface area is 106 Å². The largest absolute Gasteiger partial charge is 0.462 e. The van der Waals surface area contributed by atoms with Crippen molar-refractivity contribution in [3.8, 4) is 5.75 Å². The number of benzene rings is 1. The maximum atomic E-state index is 11.8. The van der Waals surface area contributed by atoms with E-state index in [1.807, 2.05) is 6.07 Å². The molecule has 3 rings (SSSR count). The van der Waals surface area contributed by atoms with Crippen molar-refractivity contribution in [2.45, 2.75) is 6.23 Å². The summed E-state index contributed by atoms with van der Waals surface area (Å²) in [5, 5.41) is 2.73. The van der Waals surface area contributed by atoms with Gasteiger partial charge < -0.3 is 14.5 Å². The number of carbonyl (C=O) groups is 1. The highest BCUT2D eigenvalue weighted by atomic mass is 79.9. The summed E-state index contributed by atoms with van der Waals surface area (Å²) < 4.78 is 11.6. The van der Waals surface area contributed by atoms with Gasteiger partial charge in [-0.05, 0) is 40.2 Å². The van der Waals surface area contributed by atoms with Gasteiger partial charge in [-0.15, -0.1) is 0 Å². The molecule has 0 unspecified atom stereocenters. The fraction of sp³-hybridized carbons (Fsp3) is 0.0833. The Morgan fingerprint density at radius 3 is 2.76 bits per heavy atom. The van der Waals surface area contributed by atoms with E-state index in [-0.39, 0.29) is 5.91 Å². The van der Waals surface area contributed by atoms with Gasteiger partial charge in [0.2, 0.25) is 6.23 Å². The molecular formula is C12H8BrNO3. The van der Waals surface area contributed by atoms with Crippen molar-refractivity contribution >= 4 is 21.8 Å². The van der Waals surface area contributed by atoms with Crippen LogP contribution in [0.15, 0.2) is 45.5 Å². The SMILES string of the molecule is O=C1N[C@H](c2ccc(Br)o2)Oc2ccccc21. The van der Waals surface area contributed by atoms with Crippen LogP contribution in [0, 0.1) is 0 Å². The van der Waals surface area contributed by atoms with Crippen LogP contribution in [-0.4, -0.2) is 5.91 Å². The van der Waals surface area contributed by atoms with E-state index in [4.69, 9.17) is 9.15 Å². The minimum absolute atomic E-state index is 0.163. The van der Waals surface area contributed by atoms with E-state index in [1.54, 1.807) is 30.3 Å². The van der Waals surface area contributed by atoms with Crippen molar-refractivity contribution in [2.75, 3.05) is 0 Å². The molecule has 1 atom stereocenters. The topological polar surface area (TPSA) is 51.5 Å². The van der Waals surface area contributed by atoms with Crippen LogP contribution in [0.1, 0.15) is 22.3 Å². The molecule has 1 aromatic carbocycles. The fourth-order valence-electron chi connectivity index (χ4n) is 1.71. The molecule has 1 aromatic heterocycles. The van der Waals surface area contributed by atoms with E-state index in [1.165, 1.54) is 0 Å². The average Bonchev–Trinajstić information content (AvgIpc) is 2.76. The number of fused-ring (bicyclic) bond motifs is 1. The van der Waals surface area contributed by atoms with Gasteiger partial charge in [0.05, 0.1) is 5.56 Å². The van der Waals surface area contributed by atoms with Crippen molar-refractivity contribution in [2.24, 2.45) is 0 Å². The van der Waals surface area contributed by atoms with Gasteiger partial charge in [0.1, 0.15) is 5.75 Å². The molecule has 5 heteroatoms. The normalized spacial score (nSPS) is 18.2. The zero-order valence-electron chi connectivity index (χ0n) is 8.64. The van der Waals surface area contributed by atoms with Gasteiger partial charge in [0, 0.05) is 0 Å². The first-order valence-electron chi connectivity index (χ1n) is 5.06. The Kier molecular flexibility index (Phi) is 2.40. The number of nitrogens with one attached hydrogen (secondary N) is 1. The summed E-state index contributed by atoms with van der Waals surface area (Å²) in [6.07, 6.45) is -0.580. The molecule has 1 aliphatic heterocycles. The number of halogens is 1. The molecule has 1 N–H and O–H groups in total. The first-order valence-corrected chi connectivity index (χ1v) is 5.85. The molecule has 0 radical (unpaired) electrons. The minimum Gasteiger partial charge on any atom is -0.462 e. The highest BCUT2D eigenvalue weighted by Crippen LogP contribution is 2.30. The van der Waals surface area contributed by atoms with Crippen molar-refractivity contribution in [1.82, 2.24) is 5.32 Å². The smallest absolute Gasteiger partial charge is 0.258 e. The molecule has 86 valence electrons. The van der Waals surface area contributed by atoms with Crippen LogP contribution in [0.25, 0.3) is 0 Å². The lowest BCUT2D eigenvalue weighted by Crippen LogP contribution is -2.36. The predicted molar refractivity (Wildman–Crippen MR) is 63.7 cm³/mol. The molecule has 17 heavy (non-hydrogen) atoms. The molecule has 0 fully saturated rings. The lowest BCUT2D eigenvalue weighted by atomic mass is 10.1. The molecule has 1 amide bonds. The Bertz CT molecular complexity index is 579. The van der Waals surface area contributed by atoms with Crippen molar-refractivity contribution in [3.63, 3.8) is 0 Å². The molecule has 0 bridgehead atoms. The second kappa shape index (κ2) is 3.92. The highest BCUT2D eigenvalue weighted by Gasteiger charge is 2.28. The number of hydrogen-bond donors (Lipinski definition) is 1. The van der Waals surface area contributed by atoms with E-state index in [9.17, 15) is 4.79 Å². The fourth-order valence-corrected chi connectivity index (χ4v) is 2.03. The lowest BCUT2D eigenvalue weighted by Gasteiger charge is -2.25. The summed E-state index contributed by atoms with van der Waals surface area (Å²) in [5.74, 6) is 0.956. The second-order valence-corrected chi connectivity index (χ2v) is 4.39. The van der Waals surface area contributed by atoms with Gasteiger partial charge in [0.15, 0.2) is 10.4 Å². The third kappa shape index (κ3) is 1.82. The molecule has 0 aliphatic carbocycles. The van der Waals surface area contributed by atoms with Gasteiger partial charge in [-0.3, -0.25) is 4.79 Å². The van der Waals surface area contributed by atoms with E-state index in [0.717, 1.165) is 0 Å². The van der Waals surface area contributed by atoms with Gasteiger partial charge >= 0.3 is 0 Å². The number of carbonyl (C=O) groups excluding carboxylic acids is 1. The highest BCUT2D eigenvalue weighted by molar-refractivity contribution is 9.10. The minimum atomic E-state index is -0.580. The molecule has 0 saturated heterocycles. The quantitative estimate of drug-likeness (QED) is 0.880. The van der Waals surface area contributed by atoms with Crippen LogP contribution in [0.5, 0.6) is 5.75 Å². The molecule has 4 nitrogen and oxygen atoms in total. The standard InChI is InChI=1S/C12H8BrNO3/c13-10-6-5-9(16-10)12-14-11(15)7-3-1-2-4-8(7)17-12/h1-6,12H,(H,14,15)/t12-/m0/s1. The second-order valence-electron chi connectivity index (χ2n) is 3.61. The Morgan fingerprint density at radius 1 is 1.18 bits per heavy atom. The summed E-state index contributed by atoms with van der Waals surface area (Å²) >= 11 is 3.21. The monoisotopic (exact) mass is 293 g/mol. The third-order valence-electron chi connectivity index (χ3n) is 2.49. The summed E-state index contributed by atoms with van der Waals surface area (Å²) in [6, 6.07) is 10.6. The van der Waals surface area contributed by atoms with Crippen LogP contribution in [0.4, 0.5) is 0 Å². The number of rotatable bonds is 1. The zero-order chi connectivity index (χ0) is 11.8. The lowest BCUT2D eigenvalue weighted by molar-refractivity contribution is 0.0705. The van der Waals surface area contributed by atoms with Gasteiger partial charge in [0.25, 0.3) is 5.91 Å². The number of para-hydroxylation sites is 1. The van der Waals surface area contributed by atoms with Crippen molar-refractivity contribution in [1.29, 1.82) is 0 Å². The maximum Gasteiger partial charge on any atom is 0.258 e. The predicted octanol–water partition coefficient (Wildman–Crippen LogP) is 2.86. The first kappa shape index (κ1) is 10.4. The summed E-state index contributed by atoms with van der Waals surface area (Å²) in [7, 11) is 0. The van der Waals surface area contributed by atoms with Crippen molar-refractivity contribution in [3.05, 3.63) is 52.4 Å². The van der Waals surface area contributed by atoms with E-state index in [2.05, 4.69) is 21.2 Å². The van der Waals surface area contributed by atoms with E-state index >= 15 is 0 Å². The van der Waals surface area contributed by atoms with Crippen LogP contribution < -0.4 is 10.1 Å². The summed E-state index contributed by atoms with van der Waals surface area (Å²) in [4.78, 5) is 11.8. The average molecular weight is 294 g/mol. The molecule has 0 spiro atoms. The molecule has 2 aromatic rings. The summed E-state index contributed by atoms with van der Waals surface area (Å²) in [5.41, 5.74) is 0.536. The molecular weight excluding hydrogens is 286 g/mol. The summed E-state index contributed by atoms with van der Waals surface area (Å²) in [6.45, 7) is 0. The molecule has 1 aliphatic rings. The number of furan rings is 1. The third-order valence-corrected chi connectivity index (χ3v) is 2.92. The van der Waals surface area contributed by atoms with Gasteiger partial charge in [-0.2, -0.15) is 0 Å². The maximum absolute atomic E-state index is 11.8. The molecule has 0 saturated carbocycles. The Hall–Kier alpha value is -1.75. The number of hydrogen-bond acceptors (Lipinski definition) is 3. The van der Waals surface area contributed by atoms with Gasteiger partial charge in [-0.1, -0.05) is 12.1 Å². The van der Waals surface area contributed by atoms with Crippen LogP contribution >= 0.6 is 15.9 Å². The van der Waals surface area contributed by atoms with Crippen LogP contribution in [0.3, 0.4) is 0 Å². The Morgan fingerprint density at radius 2 is 2.00 bits per heavy atom. The van der Waals surface area contributed by atoms with E-state index in [0.29, 0.717) is 21.7 Å². The first-order chi connectivity index (χ1) is 8.24.